The minimum atomic E-state index is -0.791. The number of ether oxygens (including phenoxy) is 1. The first-order valence-electron chi connectivity index (χ1n) is 6.63. The normalized spacial score (nSPS) is 18.3. The fraction of sp³-hybridized carbons (Fsp3) is 0.786. The molecule has 0 aromatic carbocycles. The number of rotatable bonds is 10. The van der Waals surface area contributed by atoms with Crippen molar-refractivity contribution in [2.24, 2.45) is 5.92 Å². The zero-order valence-electron chi connectivity index (χ0n) is 10.9. The van der Waals surface area contributed by atoms with Crippen molar-refractivity contribution in [3.05, 3.63) is 11.6 Å². The molecule has 0 heterocycles. The van der Waals surface area contributed by atoms with Gasteiger partial charge in [0.25, 0.3) is 0 Å². The lowest BCUT2D eigenvalue weighted by atomic mass is 10.0. The second-order valence-corrected chi connectivity index (χ2v) is 5.17. The van der Waals surface area contributed by atoms with Gasteiger partial charge in [0.05, 0.1) is 19.1 Å². The average Bonchev–Trinajstić information content (AvgIpc) is 2.95. The Morgan fingerprint density at radius 2 is 2.18 bits per heavy atom. The maximum atomic E-state index is 10.3. The summed E-state index contributed by atoms with van der Waals surface area (Å²) in [5.74, 6) is 0.0168. The van der Waals surface area contributed by atoms with Crippen LogP contribution >= 0.6 is 0 Å². The first-order chi connectivity index (χ1) is 8.09. The maximum Gasteiger partial charge on any atom is 0.305 e. The van der Waals surface area contributed by atoms with E-state index in [4.69, 9.17) is 9.84 Å². The van der Waals surface area contributed by atoms with Crippen LogP contribution in [0.4, 0.5) is 0 Å². The summed E-state index contributed by atoms with van der Waals surface area (Å²) >= 11 is 0. The Morgan fingerprint density at radius 3 is 2.82 bits per heavy atom. The third-order valence-electron chi connectivity index (χ3n) is 2.98. The molecule has 0 aromatic rings. The summed E-state index contributed by atoms with van der Waals surface area (Å²) in [6.07, 6.45) is 8.63. The van der Waals surface area contributed by atoms with Crippen LogP contribution in [0.3, 0.4) is 0 Å². The average molecular weight is 240 g/mol. The Labute approximate surface area is 104 Å². The topological polar surface area (TPSA) is 46.5 Å². The van der Waals surface area contributed by atoms with Crippen LogP contribution in [0, 0.1) is 5.92 Å². The van der Waals surface area contributed by atoms with Gasteiger partial charge in [0, 0.05) is 0 Å². The van der Waals surface area contributed by atoms with E-state index in [9.17, 15) is 4.79 Å². The zero-order valence-corrected chi connectivity index (χ0v) is 10.9. The molecule has 1 unspecified atom stereocenters. The third kappa shape index (κ3) is 7.16. The molecule has 0 aromatic heterocycles. The number of aliphatic carboxylic acids is 1. The summed E-state index contributed by atoms with van der Waals surface area (Å²) in [5.41, 5.74) is 1.36. The first kappa shape index (κ1) is 14.2. The number of carboxylic acid groups (broad SMARTS) is 1. The van der Waals surface area contributed by atoms with Gasteiger partial charge in [-0.05, 0) is 30.4 Å². The SMILES string of the molecule is CC(C)CCCCCC1=CC1OCCC(=O)O. The van der Waals surface area contributed by atoms with Crippen molar-refractivity contribution in [1.82, 2.24) is 0 Å². The molecule has 3 heteroatoms. The fourth-order valence-corrected chi connectivity index (χ4v) is 1.86. The summed E-state index contributed by atoms with van der Waals surface area (Å²) < 4.78 is 5.40. The molecule has 0 amide bonds. The Balaban J connectivity index is 1.87. The van der Waals surface area contributed by atoms with E-state index in [0.29, 0.717) is 6.61 Å². The second-order valence-electron chi connectivity index (χ2n) is 5.17. The van der Waals surface area contributed by atoms with Crippen molar-refractivity contribution in [2.75, 3.05) is 6.61 Å². The Kier molecular flexibility index (Phi) is 6.27. The van der Waals surface area contributed by atoms with Crippen LogP contribution in [0.1, 0.15) is 52.4 Å². The minimum Gasteiger partial charge on any atom is -0.481 e. The van der Waals surface area contributed by atoms with E-state index in [1.807, 2.05) is 0 Å². The monoisotopic (exact) mass is 240 g/mol. The lowest BCUT2D eigenvalue weighted by Crippen LogP contribution is -2.05. The molecule has 1 rings (SSSR count). The van der Waals surface area contributed by atoms with Gasteiger partial charge in [-0.15, -0.1) is 0 Å². The van der Waals surface area contributed by atoms with Gasteiger partial charge in [-0.1, -0.05) is 33.1 Å². The van der Waals surface area contributed by atoms with Crippen LogP contribution in [0.5, 0.6) is 0 Å². The van der Waals surface area contributed by atoms with Crippen LogP contribution < -0.4 is 0 Å². The molecule has 1 aliphatic rings. The van der Waals surface area contributed by atoms with Gasteiger partial charge in [0.15, 0.2) is 0 Å². The highest BCUT2D eigenvalue weighted by Crippen LogP contribution is 2.29. The van der Waals surface area contributed by atoms with Crippen molar-refractivity contribution >= 4 is 5.97 Å². The molecule has 1 N–H and O–H groups in total. The zero-order chi connectivity index (χ0) is 12.7. The van der Waals surface area contributed by atoms with Crippen LogP contribution in [0.15, 0.2) is 11.6 Å². The van der Waals surface area contributed by atoms with Crippen LogP contribution in [0.2, 0.25) is 0 Å². The molecule has 17 heavy (non-hydrogen) atoms. The van der Waals surface area contributed by atoms with E-state index in [1.165, 1.54) is 31.3 Å². The van der Waals surface area contributed by atoms with E-state index in [-0.39, 0.29) is 12.5 Å². The molecule has 0 bridgehead atoms. The molecule has 1 atom stereocenters. The molecule has 98 valence electrons. The van der Waals surface area contributed by atoms with Gasteiger partial charge < -0.3 is 9.84 Å². The van der Waals surface area contributed by atoms with Gasteiger partial charge in [0.2, 0.25) is 0 Å². The van der Waals surface area contributed by atoms with Crippen molar-refractivity contribution in [1.29, 1.82) is 0 Å². The summed E-state index contributed by atoms with van der Waals surface area (Å²) in [5, 5.41) is 8.46. The Bertz CT molecular complexity index is 269. The van der Waals surface area contributed by atoms with E-state index in [2.05, 4.69) is 19.9 Å². The molecule has 3 nitrogen and oxygen atoms in total. The first-order valence-corrected chi connectivity index (χ1v) is 6.63. The minimum absolute atomic E-state index is 0.103. The quantitative estimate of drug-likeness (QED) is 0.470. The third-order valence-corrected chi connectivity index (χ3v) is 2.98. The highest BCUT2D eigenvalue weighted by Gasteiger charge is 2.24. The highest BCUT2D eigenvalue weighted by atomic mass is 16.5. The molecule has 0 radical (unpaired) electrons. The predicted octanol–water partition coefficient (Wildman–Crippen LogP) is 3.39. The van der Waals surface area contributed by atoms with E-state index >= 15 is 0 Å². The molecule has 0 spiro atoms. The van der Waals surface area contributed by atoms with E-state index in [1.54, 1.807) is 0 Å². The number of carbonyl (C=O) groups is 1. The molecule has 0 saturated carbocycles. The van der Waals surface area contributed by atoms with Crippen molar-refractivity contribution < 1.29 is 14.6 Å². The second kappa shape index (κ2) is 7.49. The lowest BCUT2D eigenvalue weighted by molar-refractivity contribution is -0.138. The van der Waals surface area contributed by atoms with Crippen LogP contribution in [-0.2, 0) is 9.53 Å². The number of hydrogen-bond donors (Lipinski definition) is 1. The summed E-state index contributed by atoms with van der Waals surface area (Å²) in [6.45, 7) is 4.85. The van der Waals surface area contributed by atoms with Crippen LogP contribution in [-0.4, -0.2) is 23.8 Å². The number of hydrogen-bond acceptors (Lipinski definition) is 2. The van der Waals surface area contributed by atoms with Gasteiger partial charge >= 0.3 is 5.97 Å². The van der Waals surface area contributed by atoms with Gasteiger partial charge in [-0.3, -0.25) is 4.79 Å². The largest absolute Gasteiger partial charge is 0.481 e. The standard InChI is InChI=1S/C14H24O3/c1-11(2)6-4-3-5-7-12-10-13(12)17-9-8-14(15)16/h10-11,13H,3-9H2,1-2H3,(H,15,16). The summed E-state index contributed by atoms with van der Waals surface area (Å²) in [7, 11) is 0. The molecular weight excluding hydrogens is 216 g/mol. The fourth-order valence-electron chi connectivity index (χ4n) is 1.86. The smallest absolute Gasteiger partial charge is 0.305 e. The molecule has 0 saturated heterocycles. The number of unbranched alkanes of at least 4 members (excludes halogenated alkanes) is 2. The molecular formula is C14H24O3. The Morgan fingerprint density at radius 1 is 1.41 bits per heavy atom. The van der Waals surface area contributed by atoms with Crippen molar-refractivity contribution in [3.8, 4) is 0 Å². The Hall–Kier alpha value is -0.830. The van der Waals surface area contributed by atoms with Gasteiger partial charge in [-0.2, -0.15) is 0 Å². The van der Waals surface area contributed by atoms with Crippen LogP contribution in [0.25, 0.3) is 0 Å². The molecule has 1 aliphatic carbocycles. The predicted molar refractivity (Wildman–Crippen MR) is 68.0 cm³/mol. The highest BCUT2D eigenvalue weighted by molar-refractivity contribution is 5.66. The van der Waals surface area contributed by atoms with E-state index in [0.717, 1.165) is 12.3 Å². The molecule has 0 fully saturated rings. The van der Waals surface area contributed by atoms with Gasteiger partial charge in [0.1, 0.15) is 0 Å². The van der Waals surface area contributed by atoms with Gasteiger partial charge in [-0.25, -0.2) is 0 Å². The summed E-state index contributed by atoms with van der Waals surface area (Å²) in [6, 6.07) is 0. The lowest BCUT2D eigenvalue weighted by Gasteiger charge is -2.04. The van der Waals surface area contributed by atoms with Crippen molar-refractivity contribution in [3.63, 3.8) is 0 Å². The number of carboxylic acids is 1. The molecule has 0 aliphatic heterocycles. The van der Waals surface area contributed by atoms with Crippen molar-refractivity contribution in [2.45, 2.75) is 58.5 Å². The summed E-state index contributed by atoms with van der Waals surface area (Å²) in [4.78, 5) is 10.3. The maximum absolute atomic E-state index is 10.3. The van der Waals surface area contributed by atoms with E-state index < -0.39 is 5.97 Å².